The minimum Gasteiger partial charge on any atom is -0.490 e. The van der Waals surface area contributed by atoms with Gasteiger partial charge in [0, 0.05) is 32.7 Å². The van der Waals surface area contributed by atoms with Crippen molar-refractivity contribution in [3.63, 3.8) is 0 Å². The van der Waals surface area contributed by atoms with E-state index in [2.05, 4.69) is 11.5 Å². The smallest absolute Gasteiger partial charge is 0.227 e. The third kappa shape index (κ3) is 5.39. The van der Waals surface area contributed by atoms with Gasteiger partial charge in [-0.25, -0.2) is 8.78 Å². The van der Waals surface area contributed by atoms with E-state index in [4.69, 9.17) is 4.74 Å². The van der Waals surface area contributed by atoms with Crippen LogP contribution in [0.25, 0.3) is 0 Å². The third-order valence-corrected chi connectivity index (χ3v) is 4.76. The minimum atomic E-state index is -0.920. The van der Waals surface area contributed by atoms with Gasteiger partial charge in [0.2, 0.25) is 5.91 Å². The molecule has 3 rings (SSSR count). The maximum atomic E-state index is 13.3. The van der Waals surface area contributed by atoms with Crippen molar-refractivity contribution in [2.24, 2.45) is 0 Å². The summed E-state index contributed by atoms with van der Waals surface area (Å²) in [5.74, 6) is -1.06. The predicted octanol–water partition coefficient (Wildman–Crippen LogP) is 3.42. The van der Waals surface area contributed by atoms with Crippen LogP contribution < -0.4 is 4.74 Å². The van der Waals surface area contributed by atoms with Crippen molar-refractivity contribution in [2.45, 2.75) is 13.0 Å². The molecule has 1 heterocycles. The molecule has 0 N–H and O–H groups in total. The van der Waals surface area contributed by atoms with E-state index in [1.54, 1.807) is 11.0 Å². The molecule has 4 nitrogen and oxygen atoms in total. The van der Waals surface area contributed by atoms with Crippen molar-refractivity contribution in [1.82, 2.24) is 9.80 Å². The van der Waals surface area contributed by atoms with Crippen LogP contribution in [0.5, 0.6) is 5.75 Å². The fraction of sp³-hybridized carbons (Fsp3) is 0.318. The van der Waals surface area contributed by atoms with E-state index < -0.39 is 11.6 Å². The Balaban J connectivity index is 1.46. The Morgan fingerprint density at radius 3 is 2.32 bits per heavy atom. The average molecular weight is 386 g/mol. The second kappa shape index (κ2) is 9.46. The normalized spacial score (nSPS) is 14.7. The molecule has 28 heavy (non-hydrogen) atoms. The lowest BCUT2D eigenvalue weighted by atomic mass is 10.1. The Kier molecular flexibility index (Phi) is 6.76. The van der Waals surface area contributed by atoms with Crippen LogP contribution in [0, 0.1) is 11.6 Å². The van der Waals surface area contributed by atoms with Gasteiger partial charge < -0.3 is 9.64 Å². The second-order valence-corrected chi connectivity index (χ2v) is 6.83. The van der Waals surface area contributed by atoms with E-state index >= 15 is 0 Å². The van der Waals surface area contributed by atoms with Crippen molar-refractivity contribution in [3.05, 3.63) is 77.9 Å². The van der Waals surface area contributed by atoms with E-state index in [9.17, 15) is 13.6 Å². The molecule has 1 aliphatic heterocycles. The Hall–Kier alpha value is -2.73. The summed E-state index contributed by atoms with van der Waals surface area (Å²) in [6.45, 7) is 7.73. The summed E-state index contributed by atoms with van der Waals surface area (Å²) in [4.78, 5) is 16.5. The molecule has 0 aromatic heterocycles. The quantitative estimate of drug-likeness (QED) is 0.684. The summed E-state index contributed by atoms with van der Waals surface area (Å²) in [7, 11) is 0. The number of carbonyl (C=O) groups excluding carboxylic acids is 1. The van der Waals surface area contributed by atoms with Crippen LogP contribution in [0.2, 0.25) is 0 Å². The average Bonchev–Trinajstić information content (AvgIpc) is 2.71. The number of rotatable bonds is 7. The van der Waals surface area contributed by atoms with Gasteiger partial charge in [-0.1, -0.05) is 30.9 Å². The lowest BCUT2D eigenvalue weighted by molar-refractivity contribution is -0.132. The maximum absolute atomic E-state index is 13.3. The zero-order chi connectivity index (χ0) is 19.9. The molecule has 0 atom stereocenters. The first-order valence-corrected chi connectivity index (χ1v) is 9.32. The van der Waals surface area contributed by atoms with Crippen molar-refractivity contribution >= 4 is 5.91 Å². The Morgan fingerprint density at radius 2 is 1.68 bits per heavy atom. The predicted molar refractivity (Wildman–Crippen MR) is 104 cm³/mol. The highest BCUT2D eigenvalue weighted by molar-refractivity contribution is 5.78. The summed E-state index contributed by atoms with van der Waals surface area (Å²) in [5, 5.41) is 0. The molecule has 0 unspecified atom stereocenters. The minimum absolute atomic E-state index is 0.0608. The first kappa shape index (κ1) is 20.0. The molecule has 0 bridgehead atoms. The molecular weight excluding hydrogens is 362 g/mol. The van der Waals surface area contributed by atoms with E-state index in [1.807, 2.05) is 24.3 Å². The molecular formula is C22H24F2N2O2. The molecule has 2 aromatic rings. The summed E-state index contributed by atoms with van der Waals surface area (Å²) < 4.78 is 31.8. The van der Waals surface area contributed by atoms with Gasteiger partial charge in [0.15, 0.2) is 11.6 Å². The fourth-order valence-electron chi connectivity index (χ4n) is 3.20. The number of hydrogen-bond acceptors (Lipinski definition) is 3. The van der Waals surface area contributed by atoms with Gasteiger partial charge in [-0.3, -0.25) is 9.69 Å². The Bertz CT molecular complexity index is 816. The van der Waals surface area contributed by atoms with Gasteiger partial charge >= 0.3 is 0 Å². The van der Waals surface area contributed by atoms with Gasteiger partial charge in [-0.05, 0) is 35.4 Å². The van der Waals surface area contributed by atoms with Crippen molar-refractivity contribution < 1.29 is 18.3 Å². The standard InChI is InChI=1S/C22H24F2N2O2/c1-2-13-28-19-6-3-17(4-7-19)16-25-9-11-26(12-10-25)22(27)15-18-5-8-20(23)21(24)14-18/h2-8,14H,1,9-13,15-16H2. The first-order valence-electron chi connectivity index (χ1n) is 9.32. The summed E-state index contributed by atoms with van der Waals surface area (Å²) in [6.07, 6.45) is 1.80. The molecule has 0 spiro atoms. The summed E-state index contributed by atoms with van der Waals surface area (Å²) >= 11 is 0. The van der Waals surface area contributed by atoms with E-state index in [0.717, 1.165) is 37.5 Å². The van der Waals surface area contributed by atoms with E-state index in [1.165, 1.54) is 11.6 Å². The van der Waals surface area contributed by atoms with Crippen LogP contribution in [0.1, 0.15) is 11.1 Å². The number of nitrogens with zero attached hydrogens (tertiary/aromatic N) is 2. The van der Waals surface area contributed by atoms with Crippen LogP contribution in [-0.2, 0) is 17.8 Å². The molecule has 1 saturated heterocycles. The van der Waals surface area contributed by atoms with E-state index in [-0.39, 0.29) is 12.3 Å². The third-order valence-electron chi connectivity index (χ3n) is 4.76. The van der Waals surface area contributed by atoms with Crippen molar-refractivity contribution in [1.29, 1.82) is 0 Å². The molecule has 0 radical (unpaired) electrons. The molecule has 1 amide bonds. The van der Waals surface area contributed by atoms with E-state index in [0.29, 0.717) is 25.3 Å². The Morgan fingerprint density at radius 1 is 1.00 bits per heavy atom. The number of carbonyl (C=O) groups is 1. The maximum Gasteiger partial charge on any atom is 0.227 e. The topological polar surface area (TPSA) is 32.8 Å². The lowest BCUT2D eigenvalue weighted by Gasteiger charge is -2.35. The monoisotopic (exact) mass is 386 g/mol. The highest BCUT2D eigenvalue weighted by Crippen LogP contribution is 2.16. The zero-order valence-electron chi connectivity index (χ0n) is 15.7. The highest BCUT2D eigenvalue weighted by Gasteiger charge is 2.21. The fourth-order valence-corrected chi connectivity index (χ4v) is 3.20. The van der Waals surface area contributed by atoms with Gasteiger partial charge in [-0.2, -0.15) is 0 Å². The van der Waals surface area contributed by atoms with Crippen LogP contribution in [0.15, 0.2) is 55.1 Å². The number of hydrogen-bond donors (Lipinski definition) is 0. The summed E-state index contributed by atoms with van der Waals surface area (Å²) in [6, 6.07) is 11.6. The second-order valence-electron chi connectivity index (χ2n) is 6.83. The van der Waals surface area contributed by atoms with Crippen molar-refractivity contribution in [2.75, 3.05) is 32.8 Å². The molecule has 2 aromatic carbocycles. The first-order chi connectivity index (χ1) is 13.5. The number of benzene rings is 2. The van der Waals surface area contributed by atoms with Crippen LogP contribution in [0.3, 0.4) is 0 Å². The molecule has 148 valence electrons. The SMILES string of the molecule is C=CCOc1ccc(CN2CCN(C(=O)Cc3ccc(F)c(F)c3)CC2)cc1. The van der Waals surface area contributed by atoms with Gasteiger partial charge in [0.25, 0.3) is 0 Å². The van der Waals surface area contributed by atoms with Gasteiger partial charge in [0.1, 0.15) is 12.4 Å². The molecule has 6 heteroatoms. The molecule has 1 fully saturated rings. The number of piperazine rings is 1. The van der Waals surface area contributed by atoms with Crippen molar-refractivity contribution in [3.8, 4) is 5.75 Å². The highest BCUT2D eigenvalue weighted by atomic mass is 19.2. The molecule has 0 saturated carbocycles. The van der Waals surface area contributed by atoms with Crippen LogP contribution in [-0.4, -0.2) is 48.5 Å². The number of amides is 1. The van der Waals surface area contributed by atoms with Crippen LogP contribution in [0.4, 0.5) is 8.78 Å². The number of ether oxygens (including phenoxy) is 1. The lowest BCUT2D eigenvalue weighted by Crippen LogP contribution is -2.48. The zero-order valence-corrected chi connectivity index (χ0v) is 15.7. The number of halogens is 2. The van der Waals surface area contributed by atoms with Gasteiger partial charge in [-0.15, -0.1) is 0 Å². The summed E-state index contributed by atoms with van der Waals surface area (Å²) in [5.41, 5.74) is 1.68. The largest absolute Gasteiger partial charge is 0.490 e. The molecule has 0 aliphatic carbocycles. The van der Waals surface area contributed by atoms with Gasteiger partial charge in [0.05, 0.1) is 6.42 Å². The Labute approximate surface area is 164 Å². The van der Waals surface area contributed by atoms with Crippen LogP contribution >= 0.6 is 0 Å². The molecule has 1 aliphatic rings.